The first-order valence-corrected chi connectivity index (χ1v) is 5.60. The van der Waals surface area contributed by atoms with Gasteiger partial charge in [-0.2, -0.15) is 0 Å². The third kappa shape index (κ3) is 3.92. The van der Waals surface area contributed by atoms with Gasteiger partial charge in [-0.25, -0.2) is 4.21 Å². The number of nitrogens with one attached hydrogen (secondary N) is 1. The molecule has 0 spiro atoms. The van der Waals surface area contributed by atoms with Crippen LogP contribution < -0.4 is 5.32 Å². The zero-order valence-electron chi connectivity index (χ0n) is 8.60. The van der Waals surface area contributed by atoms with E-state index in [0.717, 1.165) is 0 Å². The summed E-state index contributed by atoms with van der Waals surface area (Å²) in [7, 11) is 0. The van der Waals surface area contributed by atoms with Gasteiger partial charge in [-0.05, 0) is 31.2 Å². The van der Waals surface area contributed by atoms with Crippen molar-refractivity contribution >= 4 is 28.5 Å². The second kappa shape index (κ2) is 5.53. The maximum Gasteiger partial charge on any atom is 0.231 e. The number of rotatable bonds is 4. The van der Waals surface area contributed by atoms with Crippen LogP contribution >= 0.6 is 0 Å². The number of benzene rings is 1. The number of amides is 1. The van der Waals surface area contributed by atoms with Gasteiger partial charge in [0, 0.05) is 5.69 Å². The molecule has 1 unspecified atom stereocenters. The molecule has 0 heterocycles. The average Bonchev–Trinajstić information content (AvgIpc) is 2.16. The van der Waals surface area contributed by atoms with Gasteiger partial charge in [0.2, 0.25) is 5.91 Å². The molecule has 1 aromatic carbocycles. The molecule has 86 valence electrons. The number of Topliss-reactive ketones (excluding diaryl/α,β-unsaturated/α-hetero) is 1. The van der Waals surface area contributed by atoms with Gasteiger partial charge in [-0.1, -0.05) is 0 Å². The van der Waals surface area contributed by atoms with Crippen molar-refractivity contribution in [2.75, 3.05) is 5.32 Å². The van der Waals surface area contributed by atoms with Crippen LogP contribution in [0.5, 0.6) is 0 Å². The number of carbonyl (C=O) groups excluding carboxylic acids is 2. The van der Waals surface area contributed by atoms with E-state index in [9.17, 15) is 13.8 Å². The Kier molecular flexibility index (Phi) is 4.33. The quantitative estimate of drug-likeness (QED) is 0.612. The Labute approximate surface area is 95.1 Å². The predicted octanol–water partition coefficient (Wildman–Crippen LogP) is 1.18. The van der Waals surface area contributed by atoms with Gasteiger partial charge in [-0.3, -0.25) is 9.59 Å². The zero-order chi connectivity index (χ0) is 12.1. The fourth-order valence-corrected chi connectivity index (χ4v) is 1.45. The highest BCUT2D eigenvalue weighted by molar-refractivity contribution is 7.79. The second-order valence-electron chi connectivity index (χ2n) is 3.20. The molecule has 0 saturated heterocycles. The highest BCUT2D eigenvalue weighted by Crippen LogP contribution is 2.11. The van der Waals surface area contributed by atoms with Crippen LogP contribution in [0.3, 0.4) is 0 Å². The molecule has 0 fully saturated rings. The summed E-state index contributed by atoms with van der Waals surface area (Å²) in [5.41, 5.74) is 0.487. The molecule has 0 aliphatic rings. The topological polar surface area (TPSA) is 83.5 Å². The first kappa shape index (κ1) is 12.5. The van der Waals surface area contributed by atoms with Crippen LogP contribution in [0.25, 0.3) is 0 Å². The van der Waals surface area contributed by atoms with Gasteiger partial charge < -0.3 is 9.87 Å². The van der Waals surface area contributed by atoms with Crippen LogP contribution in [0.1, 0.15) is 13.3 Å². The maximum absolute atomic E-state index is 11.2. The SMILES string of the molecule is CC(=O)CC(=O)Nc1ccc(S(=O)O)cc1. The molecule has 0 aliphatic carbocycles. The zero-order valence-corrected chi connectivity index (χ0v) is 9.41. The molecule has 5 nitrogen and oxygen atoms in total. The van der Waals surface area contributed by atoms with Gasteiger partial charge in [0.05, 0.1) is 11.3 Å². The van der Waals surface area contributed by atoms with E-state index in [0.29, 0.717) is 5.69 Å². The minimum absolute atomic E-state index is 0.173. The lowest BCUT2D eigenvalue weighted by Gasteiger charge is -2.03. The lowest BCUT2D eigenvalue weighted by atomic mass is 10.2. The molecular weight excluding hydrogens is 230 g/mol. The van der Waals surface area contributed by atoms with Gasteiger partial charge in [0.15, 0.2) is 11.1 Å². The Morgan fingerprint density at radius 2 is 1.88 bits per heavy atom. The monoisotopic (exact) mass is 241 g/mol. The highest BCUT2D eigenvalue weighted by atomic mass is 32.2. The Bertz CT molecular complexity index is 427. The molecule has 0 aromatic heterocycles. The van der Waals surface area contributed by atoms with Gasteiger partial charge in [0.25, 0.3) is 0 Å². The summed E-state index contributed by atoms with van der Waals surface area (Å²) >= 11 is -2.03. The predicted molar refractivity (Wildman–Crippen MR) is 59.4 cm³/mol. The van der Waals surface area contributed by atoms with Crippen LogP contribution in [0.2, 0.25) is 0 Å². The highest BCUT2D eigenvalue weighted by Gasteiger charge is 2.06. The molecule has 0 aliphatic heterocycles. The molecule has 1 rings (SSSR count). The van der Waals surface area contributed by atoms with E-state index in [1.807, 2.05) is 0 Å². The van der Waals surface area contributed by atoms with E-state index in [2.05, 4.69) is 5.32 Å². The summed E-state index contributed by atoms with van der Waals surface area (Å²) in [6.07, 6.45) is -0.173. The van der Waals surface area contributed by atoms with Crippen molar-refractivity contribution in [1.82, 2.24) is 0 Å². The molecule has 0 saturated carbocycles. The summed E-state index contributed by atoms with van der Waals surface area (Å²) in [5.74, 6) is -0.615. The van der Waals surface area contributed by atoms with Crippen LogP contribution in [-0.4, -0.2) is 20.5 Å². The van der Waals surface area contributed by atoms with Gasteiger partial charge in [0.1, 0.15) is 5.78 Å². The third-order valence-electron chi connectivity index (χ3n) is 1.75. The van der Waals surface area contributed by atoms with Gasteiger partial charge >= 0.3 is 0 Å². The number of anilines is 1. The molecule has 1 amide bonds. The number of ketones is 1. The number of carbonyl (C=O) groups is 2. The van der Waals surface area contributed by atoms with Crippen molar-refractivity contribution in [3.8, 4) is 0 Å². The van der Waals surface area contributed by atoms with E-state index >= 15 is 0 Å². The van der Waals surface area contributed by atoms with Crippen LogP contribution in [0.4, 0.5) is 5.69 Å². The lowest BCUT2D eigenvalue weighted by molar-refractivity contribution is -0.124. The average molecular weight is 241 g/mol. The van der Waals surface area contributed by atoms with E-state index in [4.69, 9.17) is 4.55 Å². The fourth-order valence-electron chi connectivity index (χ4n) is 1.09. The maximum atomic E-state index is 11.2. The minimum Gasteiger partial charge on any atom is -0.326 e. The molecule has 1 aromatic rings. The first-order valence-electron chi connectivity index (χ1n) is 4.49. The molecule has 2 N–H and O–H groups in total. The number of hydrogen-bond acceptors (Lipinski definition) is 3. The van der Waals surface area contributed by atoms with Crippen molar-refractivity contribution in [1.29, 1.82) is 0 Å². The van der Waals surface area contributed by atoms with Crippen molar-refractivity contribution in [3.05, 3.63) is 24.3 Å². The first-order chi connectivity index (χ1) is 7.49. The van der Waals surface area contributed by atoms with E-state index < -0.39 is 17.0 Å². The van der Waals surface area contributed by atoms with E-state index in [1.54, 1.807) is 0 Å². The van der Waals surface area contributed by atoms with Crippen LogP contribution in [0, 0.1) is 0 Å². The molecule has 6 heteroatoms. The molecule has 16 heavy (non-hydrogen) atoms. The summed E-state index contributed by atoms with van der Waals surface area (Å²) in [5, 5.41) is 2.50. The molecular formula is C10H11NO4S. The standard InChI is InChI=1S/C10H11NO4S/c1-7(12)6-10(13)11-8-2-4-9(5-3-8)16(14)15/h2-5H,6H2,1H3,(H,11,13)(H,14,15). The minimum atomic E-state index is -2.03. The van der Waals surface area contributed by atoms with Crippen molar-refractivity contribution in [2.45, 2.75) is 18.2 Å². The smallest absolute Gasteiger partial charge is 0.231 e. The fraction of sp³-hybridized carbons (Fsp3) is 0.200. The normalized spacial score (nSPS) is 11.9. The van der Waals surface area contributed by atoms with E-state index in [1.165, 1.54) is 31.2 Å². The van der Waals surface area contributed by atoms with Crippen LogP contribution in [-0.2, 0) is 20.7 Å². The Morgan fingerprint density at radius 3 is 2.31 bits per heavy atom. The Balaban J connectivity index is 2.65. The van der Waals surface area contributed by atoms with Crippen molar-refractivity contribution < 1.29 is 18.4 Å². The second-order valence-corrected chi connectivity index (χ2v) is 4.17. The third-order valence-corrected chi connectivity index (χ3v) is 2.42. The molecule has 0 bridgehead atoms. The summed E-state index contributed by atoms with van der Waals surface area (Å²) in [6, 6.07) is 5.86. The van der Waals surface area contributed by atoms with Crippen molar-refractivity contribution in [3.63, 3.8) is 0 Å². The molecule has 0 radical (unpaired) electrons. The summed E-state index contributed by atoms with van der Waals surface area (Å²) in [6.45, 7) is 1.33. The largest absolute Gasteiger partial charge is 0.326 e. The summed E-state index contributed by atoms with van der Waals surface area (Å²) in [4.78, 5) is 22.1. The lowest BCUT2D eigenvalue weighted by Crippen LogP contribution is -2.14. The summed E-state index contributed by atoms with van der Waals surface area (Å²) < 4.78 is 19.4. The van der Waals surface area contributed by atoms with Crippen molar-refractivity contribution in [2.24, 2.45) is 0 Å². The van der Waals surface area contributed by atoms with E-state index in [-0.39, 0.29) is 17.1 Å². The van der Waals surface area contributed by atoms with Crippen LogP contribution in [0.15, 0.2) is 29.2 Å². The Morgan fingerprint density at radius 1 is 1.31 bits per heavy atom. The molecule has 1 atom stereocenters. The number of hydrogen-bond donors (Lipinski definition) is 2. The Hall–Kier alpha value is -1.53. The van der Waals surface area contributed by atoms with Gasteiger partial charge in [-0.15, -0.1) is 0 Å².